The Balaban J connectivity index is 2.81. The molecule has 3 N–H and O–H groups in total. The summed E-state index contributed by atoms with van der Waals surface area (Å²) in [6.45, 7) is 10.1. The zero-order valence-electron chi connectivity index (χ0n) is 14.1. The topological polar surface area (TPSA) is 102 Å². The molecule has 0 radical (unpaired) electrons. The molecule has 1 heterocycles. The summed E-state index contributed by atoms with van der Waals surface area (Å²) in [5.41, 5.74) is 4.56. The van der Waals surface area contributed by atoms with Crippen LogP contribution < -0.4 is 11.1 Å². The van der Waals surface area contributed by atoms with E-state index in [9.17, 15) is 14.4 Å². The summed E-state index contributed by atoms with van der Waals surface area (Å²) in [5, 5.41) is 2.81. The van der Waals surface area contributed by atoms with Crippen molar-refractivity contribution in [2.75, 3.05) is 13.1 Å². The average molecular weight is 313 g/mol. The van der Waals surface area contributed by atoms with Gasteiger partial charge in [-0.1, -0.05) is 20.8 Å². The maximum absolute atomic E-state index is 12.6. The third kappa shape index (κ3) is 5.91. The van der Waals surface area contributed by atoms with Crippen molar-refractivity contribution in [3.8, 4) is 0 Å². The van der Waals surface area contributed by atoms with E-state index >= 15 is 0 Å². The normalized spacial score (nSPS) is 19.3. The van der Waals surface area contributed by atoms with Crippen molar-refractivity contribution in [3.05, 3.63) is 0 Å². The number of amides is 3. The van der Waals surface area contributed by atoms with Crippen molar-refractivity contribution in [2.24, 2.45) is 11.1 Å². The highest BCUT2D eigenvalue weighted by Gasteiger charge is 2.37. The van der Waals surface area contributed by atoms with Gasteiger partial charge in [-0.05, 0) is 32.1 Å². The van der Waals surface area contributed by atoms with Crippen molar-refractivity contribution in [3.63, 3.8) is 0 Å². The first kappa shape index (κ1) is 18.3. The van der Waals surface area contributed by atoms with Crippen LogP contribution in [0.25, 0.3) is 0 Å². The lowest BCUT2D eigenvalue weighted by Crippen LogP contribution is -2.62. The Morgan fingerprint density at radius 2 is 2.00 bits per heavy atom. The first-order chi connectivity index (χ1) is 9.89. The summed E-state index contributed by atoms with van der Waals surface area (Å²) >= 11 is 0. The highest BCUT2D eigenvalue weighted by Crippen LogP contribution is 2.24. The number of ether oxygens (including phenoxy) is 1. The van der Waals surface area contributed by atoms with Crippen LogP contribution in [0, 0.1) is 5.41 Å². The number of nitrogens with one attached hydrogen (secondary N) is 1. The van der Waals surface area contributed by atoms with Crippen LogP contribution in [0.3, 0.4) is 0 Å². The fourth-order valence-corrected chi connectivity index (χ4v) is 2.46. The number of carbonyl (C=O) groups excluding carboxylic acids is 3. The number of carbonyl (C=O) groups is 3. The molecule has 1 atom stereocenters. The number of rotatable bonds is 4. The number of nitrogens with zero attached hydrogens (tertiary/aromatic N) is 1. The molecular formula is C15H27N3O4. The minimum atomic E-state index is -0.979. The van der Waals surface area contributed by atoms with Gasteiger partial charge in [0.05, 0.1) is 12.1 Å². The van der Waals surface area contributed by atoms with E-state index in [-0.39, 0.29) is 23.8 Å². The predicted octanol–water partition coefficient (Wildman–Crippen LogP) is 1.01. The molecular weight excluding hydrogens is 286 g/mol. The van der Waals surface area contributed by atoms with Gasteiger partial charge in [0.2, 0.25) is 5.91 Å². The van der Waals surface area contributed by atoms with Crippen LogP contribution in [0.15, 0.2) is 0 Å². The third-order valence-corrected chi connectivity index (χ3v) is 3.40. The molecule has 0 unspecified atom stereocenters. The lowest BCUT2D eigenvalue weighted by atomic mass is 9.89. The van der Waals surface area contributed by atoms with Gasteiger partial charge in [-0.2, -0.15) is 0 Å². The van der Waals surface area contributed by atoms with Gasteiger partial charge in [0, 0.05) is 6.54 Å². The largest absolute Gasteiger partial charge is 0.436 e. The summed E-state index contributed by atoms with van der Waals surface area (Å²) in [5.74, 6) is -0.593. The lowest BCUT2D eigenvalue weighted by Gasteiger charge is -2.39. The van der Waals surface area contributed by atoms with Crippen molar-refractivity contribution in [1.82, 2.24) is 10.2 Å². The lowest BCUT2D eigenvalue weighted by molar-refractivity contribution is -0.148. The second-order valence-corrected chi connectivity index (χ2v) is 7.65. The highest BCUT2D eigenvalue weighted by atomic mass is 16.6. The van der Waals surface area contributed by atoms with E-state index in [0.717, 1.165) is 0 Å². The van der Waals surface area contributed by atoms with Gasteiger partial charge >= 0.3 is 6.09 Å². The Morgan fingerprint density at radius 3 is 2.45 bits per heavy atom. The minimum Gasteiger partial charge on any atom is -0.436 e. The fourth-order valence-electron chi connectivity index (χ4n) is 2.46. The molecule has 7 nitrogen and oxygen atoms in total. The molecule has 7 heteroatoms. The van der Waals surface area contributed by atoms with Crippen LogP contribution in [0.4, 0.5) is 4.79 Å². The van der Waals surface area contributed by atoms with Crippen LogP contribution in [-0.2, 0) is 14.3 Å². The molecule has 0 bridgehead atoms. The monoisotopic (exact) mass is 313 g/mol. The predicted molar refractivity (Wildman–Crippen MR) is 81.9 cm³/mol. The summed E-state index contributed by atoms with van der Waals surface area (Å²) in [6.07, 6.45) is -0.851. The van der Waals surface area contributed by atoms with Crippen LogP contribution >= 0.6 is 0 Å². The van der Waals surface area contributed by atoms with Crippen LogP contribution in [-0.4, -0.2) is 47.5 Å². The van der Waals surface area contributed by atoms with E-state index < -0.39 is 17.7 Å². The Kier molecular flexibility index (Phi) is 5.43. The molecule has 0 saturated carbocycles. The average Bonchev–Trinajstić information content (AvgIpc) is 2.29. The van der Waals surface area contributed by atoms with E-state index in [2.05, 4.69) is 5.32 Å². The smallest absolute Gasteiger partial charge is 0.405 e. The maximum Gasteiger partial charge on any atom is 0.405 e. The molecule has 1 rings (SSSR count). The molecule has 22 heavy (non-hydrogen) atoms. The SMILES string of the molecule is CC(C)(C)CC[C@H](OC(N)=O)C(=O)N1CC(=O)NC(C)(C)C1. The summed E-state index contributed by atoms with van der Waals surface area (Å²) in [4.78, 5) is 36.8. The second-order valence-electron chi connectivity index (χ2n) is 7.65. The third-order valence-electron chi connectivity index (χ3n) is 3.40. The molecule has 0 spiro atoms. The molecule has 0 aromatic rings. The Labute approximate surface area is 131 Å². The molecule has 1 fully saturated rings. The van der Waals surface area contributed by atoms with Gasteiger partial charge in [0.25, 0.3) is 5.91 Å². The molecule has 126 valence electrons. The molecule has 1 saturated heterocycles. The molecule has 0 aromatic carbocycles. The first-order valence-electron chi connectivity index (χ1n) is 7.45. The summed E-state index contributed by atoms with van der Waals surface area (Å²) in [6, 6.07) is 0. The Morgan fingerprint density at radius 1 is 1.41 bits per heavy atom. The number of hydrogen-bond acceptors (Lipinski definition) is 4. The quantitative estimate of drug-likeness (QED) is 0.808. The molecule has 0 aliphatic carbocycles. The van der Waals surface area contributed by atoms with Crippen molar-refractivity contribution in [2.45, 2.75) is 59.1 Å². The van der Waals surface area contributed by atoms with E-state index in [1.165, 1.54) is 4.90 Å². The van der Waals surface area contributed by atoms with Gasteiger partial charge in [-0.25, -0.2) is 4.79 Å². The first-order valence-corrected chi connectivity index (χ1v) is 7.45. The van der Waals surface area contributed by atoms with E-state index in [1.54, 1.807) is 0 Å². The second kappa shape index (κ2) is 6.54. The zero-order valence-corrected chi connectivity index (χ0v) is 14.1. The Bertz CT molecular complexity index is 454. The molecule has 0 aromatic heterocycles. The standard InChI is InChI=1S/C15H27N3O4/c1-14(2,3)7-6-10(22-13(16)21)12(20)18-8-11(19)17-15(4,5)9-18/h10H,6-9H2,1-5H3,(H2,16,21)(H,17,19)/t10-/m0/s1. The molecule has 1 aliphatic heterocycles. The number of hydrogen-bond donors (Lipinski definition) is 2. The number of piperazine rings is 1. The van der Waals surface area contributed by atoms with Gasteiger partial charge < -0.3 is 20.7 Å². The van der Waals surface area contributed by atoms with Crippen molar-refractivity contribution in [1.29, 1.82) is 0 Å². The van der Waals surface area contributed by atoms with E-state index in [0.29, 0.717) is 19.4 Å². The number of nitrogens with two attached hydrogens (primary N) is 1. The highest BCUT2D eigenvalue weighted by molar-refractivity contribution is 5.89. The fraction of sp³-hybridized carbons (Fsp3) is 0.800. The van der Waals surface area contributed by atoms with Crippen molar-refractivity contribution >= 4 is 17.9 Å². The summed E-state index contributed by atoms with van der Waals surface area (Å²) in [7, 11) is 0. The van der Waals surface area contributed by atoms with Gasteiger partial charge in [0.15, 0.2) is 6.10 Å². The molecule has 3 amide bonds. The minimum absolute atomic E-state index is 0.00190. The van der Waals surface area contributed by atoms with Crippen LogP contribution in [0.5, 0.6) is 0 Å². The van der Waals surface area contributed by atoms with Crippen molar-refractivity contribution < 1.29 is 19.1 Å². The molecule has 1 aliphatic rings. The van der Waals surface area contributed by atoms with E-state index in [1.807, 2.05) is 34.6 Å². The van der Waals surface area contributed by atoms with E-state index in [4.69, 9.17) is 10.5 Å². The maximum atomic E-state index is 12.6. The zero-order chi connectivity index (χ0) is 17.1. The number of primary amides is 1. The van der Waals surface area contributed by atoms with Gasteiger partial charge in [0.1, 0.15) is 0 Å². The summed E-state index contributed by atoms with van der Waals surface area (Å²) < 4.78 is 4.98. The Hall–Kier alpha value is -1.79. The van der Waals surface area contributed by atoms with Gasteiger partial charge in [-0.3, -0.25) is 9.59 Å². The van der Waals surface area contributed by atoms with Crippen LogP contribution in [0.2, 0.25) is 0 Å². The van der Waals surface area contributed by atoms with Crippen LogP contribution in [0.1, 0.15) is 47.5 Å². The van der Waals surface area contributed by atoms with Gasteiger partial charge in [-0.15, -0.1) is 0 Å².